The fourth-order valence-corrected chi connectivity index (χ4v) is 2.09. The van der Waals surface area contributed by atoms with Gasteiger partial charge in [-0.05, 0) is 12.1 Å². The van der Waals surface area contributed by atoms with Crippen LogP contribution in [0.2, 0.25) is 0 Å². The van der Waals surface area contributed by atoms with Crippen molar-refractivity contribution < 1.29 is 9.59 Å². The molecule has 1 aliphatic rings. The van der Waals surface area contributed by atoms with E-state index in [4.69, 9.17) is 11.6 Å². The molecule has 2 rings (SSSR count). The summed E-state index contributed by atoms with van der Waals surface area (Å²) in [5.74, 6) is 4.44. The molecule has 0 bridgehead atoms. The van der Waals surface area contributed by atoms with Crippen molar-refractivity contribution in [2.24, 2.45) is 16.7 Å². The second-order valence-electron chi connectivity index (χ2n) is 3.32. The lowest BCUT2D eigenvalue weighted by Crippen LogP contribution is -2.30. The van der Waals surface area contributed by atoms with E-state index in [0.29, 0.717) is 11.1 Å². The minimum absolute atomic E-state index is 0.110. The van der Waals surface area contributed by atoms with E-state index in [2.05, 4.69) is 5.10 Å². The first kappa shape index (κ1) is 11.5. The molecule has 7 heteroatoms. The zero-order valence-corrected chi connectivity index (χ0v) is 9.61. The summed E-state index contributed by atoms with van der Waals surface area (Å²) < 4.78 is 0. The molecule has 0 saturated carbocycles. The number of amides is 2. The number of hydrazone groups is 1. The van der Waals surface area contributed by atoms with Crippen molar-refractivity contribution in [3.63, 3.8) is 0 Å². The van der Waals surface area contributed by atoms with Crippen molar-refractivity contribution in [1.29, 1.82) is 0 Å². The number of rotatable bonds is 2. The highest BCUT2D eigenvalue weighted by Gasteiger charge is 2.34. The van der Waals surface area contributed by atoms with Crippen LogP contribution in [0.1, 0.15) is 20.7 Å². The van der Waals surface area contributed by atoms with Crippen LogP contribution in [-0.2, 0) is 0 Å². The first-order chi connectivity index (χ1) is 8.15. The van der Waals surface area contributed by atoms with Gasteiger partial charge in [0.2, 0.25) is 0 Å². The van der Waals surface area contributed by atoms with Crippen molar-refractivity contribution in [2.45, 2.75) is 0 Å². The van der Waals surface area contributed by atoms with Crippen molar-refractivity contribution in [3.8, 4) is 0 Å². The number of carbonyl (C=O) groups excluding carboxylic acids is 2. The molecule has 2 amide bonds. The molecule has 4 N–H and O–H groups in total. The number of imide groups is 1. The molecule has 0 spiro atoms. The van der Waals surface area contributed by atoms with Crippen molar-refractivity contribution in [1.82, 2.24) is 4.90 Å². The Balaban J connectivity index is 2.19. The average Bonchev–Trinajstić information content (AvgIpc) is 2.60. The molecule has 1 aromatic rings. The summed E-state index contributed by atoms with van der Waals surface area (Å²) >= 11 is 1.04. The average molecular weight is 250 g/mol. The Hall–Kier alpha value is -2.02. The fourth-order valence-electron chi connectivity index (χ4n) is 1.52. The lowest BCUT2D eigenvalue weighted by atomic mass is 10.1. The van der Waals surface area contributed by atoms with Crippen LogP contribution in [-0.4, -0.2) is 27.8 Å². The van der Waals surface area contributed by atoms with Gasteiger partial charge >= 0.3 is 0 Å². The van der Waals surface area contributed by atoms with Gasteiger partial charge in [0, 0.05) is 0 Å². The normalized spacial score (nSPS) is 15.3. The van der Waals surface area contributed by atoms with Gasteiger partial charge in [-0.25, -0.2) is 0 Å². The van der Waals surface area contributed by atoms with Gasteiger partial charge in [0.15, 0.2) is 5.17 Å². The predicted molar refractivity (Wildman–Crippen MR) is 65.2 cm³/mol. The number of hydrogen-bond acceptors (Lipinski definition) is 5. The molecule has 0 saturated heterocycles. The first-order valence-corrected chi connectivity index (χ1v) is 5.75. The van der Waals surface area contributed by atoms with Crippen LogP contribution in [0.3, 0.4) is 0 Å². The number of thioether (sulfide) groups is 1. The number of nitrogens with zero attached hydrogens (tertiary/aromatic N) is 2. The van der Waals surface area contributed by atoms with Gasteiger partial charge in [-0.15, -0.1) is 0 Å². The lowest BCUT2D eigenvalue weighted by molar-refractivity contribution is 0.0684. The highest BCUT2D eigenvalue weighted by atomic mass is 32.2. The Morgan fingerprint density at radius 3 is 2.24 bits per heavy atom. The summed E-state index contributed by atoms with van der Waals surface area (Å²) in [6.07, 6.45) is 0. The second-order valence-corrected chi connectivity index (χ2v) is 4.29. The van der Waals surface area contributed by atoms with E-state index in [1.807, 2.05) is 0 Å². The van der Waals surface area contributed by atoms with Crippen molar-refractivity contribution >= 4 is 28.7 Å². The molecular weight excluding hydrogens is 240 g/mol. The first-order valence-electron chi connectivity index (χ1n) is 4.76. The summed E-state index contributed by atoms with van der Waals surface area (Å²) in [6.45, 7) is 0. The van der Waals surface area contributed by atoms with Crippen LogP contribution in [0.15, 0.2) is 29.4 Å². The monoisotopic (exact) mass is 250 g/mol. The Morgan fingerprint density at radius 2 is 1.76 bits per heavy atom. The minimum atomic E-state index is -0.317. The number of amidine groups is 1. The Kier molecular flexibility index (Phi) is 3.01. The van der Waals surface area contributed by atoms with E-state index >= 15 is 0 Å². The molecule has 1 aromatic carbocycles. The summed E-state index contributed by atoms with van der Waals surface area (Å²) in [5.41, 5.74) is 6.22. The maximum absolute atomic E-state index is 11.9. The van der Waals surface area contributed by atoms with Gasteiger partial charge in [0.25, 0.3) is 11.8 Å². The standard InChI is InChI=1S/C10H10N4O2S/c11-10(13-12)17-5-14-8(15)6-3-1-2-4-7(6)9(14)16/h1-4H,5,12H2,(H2,11,13). The third-order valence-electron chi connectivity index (χ3n) is 2.35. The van der Waals surface area contributed by atoms with Gasteiger partial charge in [-0.2, -0.15) is 5.10 Å². The molecule has 1 heterocycles. The quantitative estimate of drug-likeness (QED) is 0.256. The van der Waals surface area contributed by atoms with E-state index in [0.717, 1.165) is 16.7 Å². The molecule has 0 fully saturated rings. The highest BCUT2D eigenvalue weighted by Crippen LogP contribution is 2.23. The van der Waals surface area contributed by atoms with Crippen molar-refractivity contribution in [2.75, 3.05) is 5.88 Å². The molecule has 88 valence electrons. The van der Waals surface area contributed by atoms with Crippen LogP contribution < -0.4 is 11.6 Å². The van der Waals surface area contributed by atoms with Crippen LogP contribution in [0.5, 0.6) is 0 Å². The Bertz CT molecular complexity index is 480. The number of carbonyl (C=O) groups is 2. The van der Waals surface area contributed by atoms with E-state index in [1.165, 1.54) is 0 Å². The topological polar surface area (TPSA) is 102 Å². The van der Waals surface area contributed by atoms with E-state index in [1.54, 1.807) is 24.3 Å². The predicted octanol–water partition coefficient (Wildman–Crippen LogP) is 0.162. The third kappa shape index (κ3) is 1.96. The molecule has 0 aliphatic carbocycles. The smallest absolute Gasteiger partial charge is 0.262 e. The number of fused-ring (bicyclic) bond motifs is 1. The number of benzene rings is 1. The number of hydrogen-bond donors (Lipinski definition) is 2. The minimum Gasteiger partial charge on any atom is -0.377 e. The van der Waals surface area contributed by atoms with Crippen molar-refractivity contribution in [3.05, 3.63) is 35.4 Å². The lowest BCUT2D eigenvalue weighted by Gasteiger charge is -2.12. The zero-order chi connectivity index (χ0) is 12.4. The van der Waals surface area contributed by atoms with Gasteiger partial charge in [0.05, 0.1) is 17.0 Å². The van der Waals surface area contributed by atoms with Gasteiger partial charge < -0.3 is 11.6 Å². The molecule has 0 unspecified atom stereocenters. The second kappa shape index (κ2) is 4.46. The van der Waals surface area contributed by atoms with Crippen LogP contribution in [0.25, 0.3) is 0 Å². The Morgan fingerprint density at radius 1 is 1.24 bits per heavy atom. The molecule has 1 aliphatic heterocycles. The maximum atomic E-state index is 11.9. The maximum Gasteiger partial charge on any atom is 0.262 e. The fraction of sp³-hybridized carbons (Fsp3) is 0.100. The van der Waals surface area contributed by atoms with Gasteiger partial charge in [0.1, 0.15) is 0 Å². The Labute approximate surface area is 102 Å². The SMILES string of the molecule is NN=C(N)SCN1C(=O)c2ccccc2C1=O. The van der Waals surface area contributed by atoms with E-state index < -0.39 is 0 Å². The zero-order valence-electron chi connectivity index (χ0n) is 8.79. The molecule has 6 nitrogen and oxygen atoms in total. The third-order valence-corrected chi connectivity index (χ3v) is 3.14. The molecule has 17 heavy (non-hydrogen) atoms. The molecule has 0 atom stereocenters. The molecular formula is C10H10N4O2S. The number of nitrogens with two attached hydrogens (primary N) is 2. The van der Waals surface area contributed by atoms with Crippen LogP contribution >= 0.6 is 11.8 Å². The van der Waals surface area contributed by atoms with Crippen LogP contribution in [0, 0.1) is 0 Å². The summed E-state index contributed by atoms with van der Waals surface area (Å²) in [5, 5.41) is 3.38. The largest absolute Gasteiger partial charge is 0.377 e. The molecule has 0 aromatic heterocycles. The molecule has 0 radical (unpaired) electrons. The van der Waals surface area contributed by atoms with E-state index in [-0.39, 0.29) is 22.9 Å². The summed E-state index contributed by atoms with van der Waals surface area (Å²) in [7, 11) is 0. The summed E-state index contributed by atoms with van der Waals surface area (Å²) in [6, 6.07) is 6.69. The van der Waals surface area contributed by atoms with Gasteiger partial charge in [-0.1, -0.05) is 23.9 Å². The van der Waals surface area contributed by atoms with E-state index in [9.17, 15) is 9.59 Å². The van der Waals surface area contributed by atoms with Gasteiger partial charge in [-0.3, -0.25) is 14.5 Å². The van der Waals surface area contributed by atoms with Crippen LogP contribution in [0.4, 0.5) is 0 Å². The highest BCUT2D eigenvalue weighted by molar-refractivity contribution is 8.13. The summed E-state index contributed by atoms with van der Waals surface area (Å²) in [4.78, 5) is 24.9.